The van der Waals surface area contributed by atoms with E-state index in [4.69, 9.17) is 9.47 Å². The fourth-order valence-corrected chi connectivity index (χ4v) is 3.50. The van der Waals surface area contributed by atoms with Gasteiger partial charge in [-0.15, -0.1) is 0 Å². The van der Waals surface area contributed by atoms with Gasteiger partial charge in [-0.1, -0.05) is 65.0 Å². The number of hydrogen-bond acceptors (Lipinski definition) is 5. The molecule has 0 aliphatic rings. The van der Waals surface area contributed by atoms with E-state index >= 15 is 0 Å². The summed E-state index contributed by atoms with van der Waals surface area (Å²) in [7, 11) is 0. The summed E-state index contributed by atoms with van der Waals surface area (Å²) in [6.07, 6.45) is 11.9. The van der Waals surface area contributed by atoms with Crippen LogP contribution in [0.25, 0.3) is 22.5 Å². The number of carbonyl (C=O) groups excluding carboxylic acids is 1. The van der Waals surface area contributed by atoms with Gasteiger partial charge < -0.3 is 9.47 Å². The number of nitrogens with zero attached hydrogens (tertiary/aromatic N) is 2. The third-order valence-corrected chi connectivity index (χ3v) is 5.95. The van der Waals surface area contributed by atoms with Gasteiger partial charge in [-0.25, -0.2) is 9.97 Å². The Morgan fingerprint density at radius 2 is 1.35 bits per heavy atom. The molecule has 0 radical (unpaired) electrons. The van der Waals surface area contributed by atoms with Crippen LogP contribution < -0.4 is 9.47 Å². The third kappa shape index (κ3) is 7.68. The fraction of sp³-hybridized carbons (Fsp3) is 0.414. The summed E-state index contributed by atoms with van der Waals surface area (Å²) in [5.41, 5.74) is 2.82. The molecule has 0 amide bonds. The largest absolute Gasteiger partial charge is 0.494 e. The number of esters is 1. The van der Waals surface area contributed by atoms with E-state index in [1.165, 1.54) is 32.1 Å². The second-order valence-electron chi connectivity index (χ2n) is 8.69. The van der Waals surface area contributed by atoms with Gasteiger partial charge in [-0.05, 0) is 54.8 Å². The minimum atomic E-state index is -0.207. The number of carbonyl (C=O) groups is 1. The van der Waals surface area contributed by atoms with E-state index < -0.39 is 0 Å². The molecule has 0 aliphatic heterocycles. The van der Waals surface area contributed by atoms with Gasteiger partial charge in [0.25, 0.3) is 0 Å². The van der Waals surface area contributed by atoms with Crippen LogP contribution in [-0.4, -0.2) is 22.5 Å². The number of aromatic nitrogens is 2. The van der Waals surface area contributed by atoms with Crippen molar-refractivity contribution in [3.63, 3.8) is 0 Å². The fourth-order valence-electron chi connectivity index (χ4n) is 3.50. The number of hydrogen-bond donors (Lipinski definition) is 0. The van der Waals surface area contributed by atoms with Gasteiger partial charge in [0.1, 0.15) is 11.5 Å². The highest BCUT2D eigenvalue weighted by Gasteiger charge is 2.13. The van der Waals surface area contributed by atoms with Crippen molar-refractivity contribution in [2.75, 3.05) is 6.61 Å². The summed E-state index contributed by atoms with van der Waals surface area (Å²) in [5.74, 6) is 1.78. The molecule has 0 saturated carbocycles. The minimum Gasteiger partial charge on any atom is -0.494 e. The van der Waals surface area contributed by atoms with Crippen molar-refractivity contribution in [1.82, 2.24) is 9.97 Å². The van der Waals surface area contributed by atoms with Crippen LogP contribution in [-0.2, 0) is 4.79 Å². The topological polar surface area (TPSA) is 61.3 Å². The van der Waals surface area contributed by atoms with Crippen LogP contribution in [0.3, 0.4) is 0 Å². The SMILES string of the molecule is CCCCCCCCOc1ccc(-c2ncc(-c3ccc(OC(=O)C(C)CC)cc3)cn2)cc1. The Hall–Kier alpha value is -3.21. The monoisotopic (exact) mass is 460 g/mol. The zero-order valence-corrected chi connectivity index (χ0v) is 20.6. The number of unbranched alkanes of at least 4 members (excludes halogenated alkanes) is 5. The van der Waals surface area contributed by atoms with Crippen molar-refractivity contribution < 1.29 is 14.3 Å². The summed E-state index contributed by atoms with van der Waals surface area (Å²) >= 11 is 0. The number of rotatable bonds is 13. The molecule has 3 rings (SSSR count). The molecule has 0 saturated heterocycles. The lowest BCUT2D eigenvalue weighted by Gasteiger charge is -2.09. The Morgan fingerprint density at radius 3 is 2.00 bits per heavy atom. The first-order valence-corrected chi connectivity index (χ1v) is 12.5. The van der Waals surface area contributed by atoms with Crippen LogP contribution in [0.1, 0.15) is 65.7 Å². The molecule has 1 heterocycles. The summed E-state index contributed by atoms with van der Waals surface area (Å²) in [6.45, 7) is 6.83. The van der Waals surface area contributed by atoms with Gasteiger partial charge in [0.05, 0.1) is 12.5 Å². The van der Waals surface area contributed by atoms with Crippen molar-refractivity contribution in [1.29, 1.82) is 0 Å². The van der Waals surface area contributed by atoms with Gasteiger partial charge in [-0.3, -0.25) is 4.79 Å². The maximum atomic E-state index is 12.0. The number of benzene rings is 2. The van der Waals surface area contributed by atoms with E-state index in [9.17, 15) is 4.79 Å². The van der Waals surface area contributed by atoms with Crippen LogP contribution in [0.2, 0.25) is 0 Å². The van der Waals surface area contributed by atoms with Crippen LogP contribution in [0, 0.1) is 5.92 Å². The third-order valence-electron chi connectivity index (χ3n) is 5.95. The van der Waals surface area contributed by atoms with Crippen molar-refractivity contribution in [3.05, 3.63) is 60.9 Å². The summed E-state index contributed by atoms with van der Waals surface area (Å²) in [4.78, 5) is 21.0. The maximum absolute atomic E-state index is 12.0. The smallest absolute Gasteiger partial charge is 0.314 e. The molecule has 5 nitrogen and oxygen atoms in total. The zero-order valence-electron chi connectivity index (χ0n) is 20.6. The second kappa shape index (κ2) is 13.5. The summed E-state index contributed by atoms with van der Waals surface area (Å²) in [5, 5.41) is 0. The van der Waals surface area contributed by atoms with Gasteiger partial charge in [0, 0.05) is 23.5 Å². The van der Waals surface area contributed by atoms with Gasteiger partial charge in [0.2, 0.25) is 0 Å². The molecule has 2 aromatic carbocycles. The maximum Gasteiger partial charge on any atom is 0.314 e. The van der Waals surface area contributed by atoms with Crippen LogP contribution in [0.4, 0.5) is 0 Å². The van der Waals surface area contributed by atoms with E-state index in [1.807, 2.05) is 62.6 Å². The Labute approximate surface area is 203 Å². The predicted octanol–water partition coefficient (Wildman–Crippen LogP) is 7.50. The van der Waals surface area contributed by atoms with E-state index in [2.05, 4.69) is 16.9 Å². The molecule has 0 spiro atoms. The van der Waals surface area contributed by atoms with E-state index in [0.717, 1.165) is 41.9 Å². The average molecular weight is 461 g/mol. The minimum absolute atomic E-state index is 0.110. The first-order valence-electron chi connectivity index (χ1n) is 12.5. The van der Waals surface area contributed by atoms with Gasteiger partial charge in [0.15, 0.2) is 5.82 Å². The van der Waals surface area contributed by atoms with Crippen LogP contribution in [0.5, 0.6) is 11.5 Å². The Balaban J connectivity index is 1.51. The molecule has 0 fully saturated rings. The van der Waals surface area contributed by atoms with Crippen LogP contribution in [0.15, 0.2) is 60.9 Å². The first-order chi connectivity index (χ1) is 16.6. The molecule has 1 atom stereocenters. The molecule has 180 valence electrons. The molecule has 1 unspecified atom stereocenters. The second-order valence-corrected chi connectivity index (χ2v) is 8.69. The highest BCUT2D eigenvalue weighted by molar-refractivity contribution is 5.75. The molecule has 0 N–H and O–H groups in total. The lowest BCUT2D eigenvalue weighted by Crippen LogP contribution is -2.16. The molecule has 3 aromatic rings. The molecule has 1 aromatic heterocycles. The van der Waals surface area contributed by atoms with E-state index in [-0.39, 0.29) is 11.9 Å². The lowest BCUT2D eigenvalue weighted by molar-refractivity contribution is -0.138. The van der Waals surface area contributed by atoms with Crippen molar-refractivity contribution in [2.45, 2.75) is 65.7 Å². The Kier molecular flexibility index (Phi) is 10.1. The van der Waals surface area contributed by atoms with Crippen LogP contribution >= 0.6 is 0 Å². The molecular formula is C29H36N2O3. The molecule has 34 heavy (non-hydrogen) atoms. The lowest BCUT2D eigenvalue weighted by atomic mass is 10.1. The molecule has 0 bridgehead atoms. The van der Waals surface area contributed by atoms with Gasteiger partial charge in [-0.2, -0.15) is 0 Å². The van der Waals surface area contributed by atoms with E-state index in [1.54, 1.807) is 12.1 Å². The average Bonchev–Trinajstić information content (AvgIpc) is 2.88. The highest BCUT2D eigenvalue weighted by atomic mass is 16.5. The zero-order chi connectivity index (χ0) is 24.2. The number of ether oxygens (including phenoxy) is 2. The van der Waals surface area contributed by atoms with Crippen molar-refractivity contribution >= 4 is 5.97 Å². The van der Waals surface area contributed by atoms with Crippen molar-refractivity contribution in [2.24, 2.45) is 5.92 Å². The summed E-state index contributed by atoms with van der Waals surface area (Å²) < 4.78 is 11.3. The first kappa shape index (κ1) is 25.4. The highest BCUT2D eigenvalue weighted by Crippen LogP contribution is 2.24. The van der Waals surface area contributed by atoms with Gasteiger partial charge >= 0.3 is 5.97 Å². The predicted molar refractivity (Wildman–Crippen MR) is 137 cm³/mol. The normalized spacial score (nSPS) is 11.7. The van der Waals surface area contributed by atoms with Crippen molar-refractivity contribution in [3.8, 4) is 34.0 Å². The van der Waals surface area contributed by atoms with E-state index in [0.29, 0.717) is 11.6 Å². The Morgan fingerprint density at radius 1 is 0.765 bits per heavy atom. The molecule has 5 heteroatoms. The Bertz CT molecular complexity index is 999. The standard InChI is InChI=1S/C29H36N2O3/c1-4-6-7-8-9-10-19-33-26-15-13-24(14-16-26)28-30-20-25(21-31-28)23-11-17-27(18-12-23)34-29(32)22(3)5-2/h11-18,20-22H,4-10,19H2,1-3H3. The quantitative estimate of drug-likeness (QED) is 0.150. The molecular weight excluding hydrogens is 424 g/mol. The molecule has 0 aliphatic carbocycles. The summed E-state index contributed by atoms with van der Waals surface area (Å²) in [6, 6.07) is 15.4.